The summed E-state index contributed by atoms with van der Waals surface area (Å²) in [6.07, 6.45) is 0. The van der Waals surface area contributed by atoms with Crippen LogP contribution in [0.4, 0.5) is 5.00 Å². The maximum Gasteiger partial charge on any atom is 0.346 e. The van der Waals surface area contributed by atoms with E-state index < -0.39 is 5.97 Å². The topological polar surface area (TPSA) is 75.6 Å². The first-order valence-electron chi connectivity index (χ1n) is 5.81. The molecule has 5 nitrogen and oxygen atoms in total. The van der Waals surface area contributed by atoms with E-state index in [0.717, 1.165) is 11.3 Å². The smallest absolute Gasteiger partial charge is 0.346 e. The molecule has 2 aromatic rings. The second-order valence-electron chi connectivity index (χ2n) is 4.08. The molecule has 0 spiro atoms. The minimum absolute atomic E-state index is 0.223. The van der Waals surface area contributed by atoms with Gasteiger partial charge in [-0.05, 0) is 30.7 Å². The maximum absolute atomic E-state index is 12.2. The van der Waals surface area contributed by atoms with E-state index in [-0.39, 0.29) is 10.8 Å². The number of benzene rings is 1. The molecular formula is C14H13NO4S. The standard InChI is InChI=1S/C14H13NO4S/c1-8-7-11(20-12(8)14(17)18)15-13(16)9-5-3-4-6-10(9)19-2/h3-7H,1-2H3,(H,15,16)(H,17,18). The van der Waals surface area contributed by atoms with Crippen LogP contribution in [0, 0.1) is 6.92 Å². The minimum Gasteiger partial charge on any atom is -0.496 e. The zero-order chi connectivity index (χ0) is 14.7. The van der Waals surface area contributed by atoms with E-state index >= 15 is 0 Å². The van der Waals surface area contributed by atoms with Gasteiger partial charge in [-0.15, -0.1) is 11.3 Å². The number of hydrogen-bond acceptors (Lipinski definition) is 4. The summed E-state index contributed by atoms with van der Waals surface area (Å²) < 4.78 is 5.12. The number of hydrogen-bond donors (Lipinski definition) is 2. The van der Waals surface area contributed by atoms with E-state index in [1.807, 2.05) is 0 Å². The summed E-state index contributed by atoms with van der Waals surface area (Å²) >= 11 is 1.03. The van der Waals surface area contributed by atoms with Crippen LogP contribution in [0.15, 0.2) is 30.3 Å². The number of rotatable bonds is 4. The van der Waals surface area contributed by atoms with E-state index in [0.29, 0.717) is 21.9 Å². The van der Waals surface area contributed by atoms with Gasteiger partial charge in [-0.1, -0.05) is 12.1 Å². The minimum atomic E-state index is -0.995. The quantitative estimate of drug-likeness (QED) is 0.908. The highest BCUT2D eigenvalue weighted by Gasteiger charge is 2.16. The van der Waals surface area contributed by atoms with Gasteiger partial charge in [-0.2, -0.15) is 0 Å². The zero-order valence-electron chi connectivity index (χ0n) is 11.0. The largest absolute Gasteiger partial charge is 0.496 e. The van der Waals surface area contributed by atoms with Crippen molar-refractivity contribution in [1.29, 1.82) is 0 Å². The van der Waals surface area contributed by atoms with Crippen LogP contribution in [-0.2, 0) is 0 Å². The van der Waals surface area contributed by atoms with Crippen molar-refractivity contribution in [2.45, 2.75) is 6.92 Å². The van der Waals surface area contributed by atoms with Gasteiger partial charge in [-0.3, -0.25) is 4.79 Å². The van der Waals surface area contributed by atoms with Gasteiger partial charge in [-0.25, -0.2) is 4.79 Å². The highest BCUT2D eigenvalue weighted by atomic mass is 32.1. The Bertz CT molecular complexity index is 663. The number of aromatic carboxylic acids is 1. The molecule has 0 unspecified atom stereocenters. The Morgan fingerprint density at radius 3 is 2.60 bits per heavy atom. The molecule has 0 fully saturated rings. The number of ether oxygens (including phenoxy) is 1. The van der Waals surface area contributed by atoms with Crippen LogP contribution in [-0.4, -0.2) is 24.1 Å². The molecule has 104 valence electrons. The average molecular weight is 291 g/mol. The van der Waals surface area contributed by atoms with Crippen LogP contribution in [0.3, 0.4) is 0 Å². The normalized spacial score (nSPS) is 10.1. The highest BCUT2D eigenvalue weighted by Crippen LogP contribution is 2.28. The molecule has 1 heterocycles. The van der Waals surface area contributed by atoms with E-state index in [4.69, 9.17) is 9.84 Å². The summed E-state index contributed by atoms with van der Waals surface area (Å²) in [5.74, 6) is -0.859. The summed E-state index contributed by atoms with van der Waals surface area (Å²) in [4.78, 5) is 23.3. The van der Waals surface area contributed by atoms with Crippen LogP contribution in [0.25, 0.3) is 0 Å². The first-order chi connectivity index (χ1) is 9.52. The average Bonchev–Trinajstić information content (AvgIpc) is 2.79. The van der Waals surface area contributed by atoms with Crippen LogP contribution in [0.2, 0.25) is 0 Å². The molecule has 20 heavy (non-hydrogen) atoms. The Hall–Kier alpha value is -2.34. The highest BCUT2D eigenvalue weighted by molar-refractivity contribution is 7.18. The Labute approximate surface area is 119 Å². The zero-order valence-corrected chi connectivity index (χ0v) is 11.8. The number of carboxylic acids is 1. The summed E-state index contributed by atoms with van der Waals surface area (Å²) in [5, 5.41) is 12.2. The van der Waals surface area contributed by atoms with E-state index in [1.165, 1.54) is 7.11 Å². The fourth-order valence-corrected chi connectivity index (χ4v) is 2.67. The van der Waals surface area contributed by atoms with Crippen molar-refractivity contribution < 1.29 is 19.4 Å². The maximum atomic E-state index is 12.2. The van der Waals surface area contributed by atoms with E-state index in [9.17, 15) is 9.59 Å². The van der Waals surface area contributed by atoms with Gasteiger partial charge in [0.1, 0.15) is 10.6 Å². The molecule has 2 rings (SSSR count). The molecule has 0 radical (unpaired) electrons. The molecular weight excluding hydrogens is 278 g/mol. The van der Waals surface area contributed by atoms with Crippen LogP contribution >= 0.6 is 11.3 Å². The fourth-order valence-electron chi connectivity index (χ4n) is 1.77. The van der Waals surface area contributed by atoms with Crippen molar-refractivity contribution in [3.8, 4) is 5.75 Å². The molecule has 1 aromatic carbocycles. The number of carboxylic acid groups (broad SMARTS) is 1. The predicted molar refractivity (Wildman–Crippen MR) is 77.0 cm³/mol. The summed E-state index contributed by atoms with van der Waals surface area (Å²) in [5.41, 5.74) is 1.02. The number of carbonyl (C=O) groups excluding carboxylic acids is 1. The molecule has 0 saturated heterocycles. The summed E-state index contributed by atoms with van der Waals surface area (Å²) in [6, 6.07) is 8.48. The van der Waals surface area contributed by atoms with E-state index in [1.54, 1.807) is 37.3 Å². The number of anilines is 1. The van der Waals surface area contributed by atoms with Crippen molar-refractivity contribution in [1.82, 2.24) is 0 Å². The number of aryl methyl sites for hydroxylation is 1. The van der Waals surface area contributed by atoms with Crippen LogP contribution in [0.5, 0.6) is 5.75 Å². The first-order valence-corrected chi connectivity index (χ1v) is 6.62. The second-order valence-corrected chi connectivity index (χ2v) is 5.13. The Morgan fingerprint density at radius 1 is 1.30 bits per heavy atom. The van der Waals surface area contributed by atoms with Gasteiger partial charge in [0, 0.05) is 0 Å². The van der Waals surface area contributed by atoms with Crippen LogP contribution < -0.4 is 10.1 Å². The number of methoxy groups -OCH3 is 1. The first kappa shape index (κ1) is 14.1. The van der Waals surface area contributed by atoms with Gasteiger partial charge in [0.05, 0.1) is 17.7 Å². The van der Waals surface area contributed by atoms with E-state index in [2.05, 4.69) is 5.32 Å². The summed E-state index contributed by atoms with van der Waals surface area (Å²) in [6.45, 7) is 1.69. The molecule has 6 heteroatoms. The third kappa shape index (κ3) is 2.80. The summed E-state index contributed by atoms with van der Waals surface area (Å²) in [7, 11) is 1.49. The molecule has 2 N–H and O–H groups in total. The second kappa shape index (κ2) is 5.75. The fraction of sp³-hybridized carbons (Fsp3) is 0.143. The lowest BCUT2D eigenvalue weighted by Gasteiger charge is -2.07. The van der Waals surface area contributed by atoms with Gasteiger partial charge >= 0.3 is 5.97 Å². The third-order valence-corrected chi connectivity index (χ3v) is 3.84. The molecule has 1 aromatic heterocycles. The molecule has 0 saturated carbocycles. The van der Waals surface area contributed by atoms with Gasteiger partial charge in [0.2, 0.25) is 0 Å². The number of carbonyl (C=O) groups is 2. The SMILES string of the molecule is COc1ccccc1C(=O)Nc1cc(C)c(C(=O)O)s1. The number of para-hydroxylation sites is 1. The van der Waals surface area contributed by atoms with Crippen molar-refractivity contribution in [3.05, 3.63) is 46.3 Å². The Balaban J connectivity index is 2.24. The van der Waals surface area contributed by atoms with Gasteiger partial charge in [0.25, 0.3) is 5.91 Å². The molecule has 1 amide bonds. The third-order valence-electron chi connectivity index (χ3n) is 2.70. The van der Waals surface area contributed by atoms with Crippen molar-refractivity contribution in [2.24, 2.45) is 0 Å². The van der Waals surface area contributed by atoms with Gasteiger partial charge < -0.3 is 15.2 Å². The Kier molecular flexibility index (Phi) is 4.05. The van der Waals surface area contributed by atoms with Gasteiger partial charge in [0.15, 0.2) is 0 Å². The number of nitrogens with one attached hydrogen (secondary N) is 1. The molecule has 0 bridgehead atoms. The lowest BCUT2D eigenvalue weighted by Crippen LogP contribution is -2.12. The van der Waals surface area contributed by atoms with Crippen LogP contribution in [0.1, 0.15) is 25.6 Å². The molecule has 0 aliphatic rings. The number of thiophene rings is 1. The van der Waals surface area contributed by atoms with Crippen molar-refractivity contribution >= 4 is 28.2 Å². The van der Waals surface area contributed by atoms with Crippen molar-refractivity contribution in [2.75, 3.05) is 12.4 Å². The lowest BCUT2D eigenvalue weighted by atomic mass is 10.2. The lowest BCUT2D eigenvalue weighted by molar-refractivity contribution is 0.0701. The predicted octanol–water partition coefficient (Wildman–Crippen LogP) is 3.02. The molecule has 0 atom stereocenters. The van der Waals surface area contributed by atoms with Crippen molar-refractivity contribution in [3.63, 3.8) is 0 Å². The monoisotopic (exact) mass is 291 g/mol. The molecule has 0 aliphatic carbocycles. The number of amides is 1. The Morgan fingerprint density at radius 2 is 2.00 bits per heavy atom. The molecule has 0 aliphatic heterocycles.